The van der Waals surface area contributed by atoms with E-state index in [0.717, 1.165) is 0 Å². The van der Waals surface area contributed by atoms with Gasteiger partial charge >= 0.3 is 6.03 Å². The quantitative estimate of drug-likeness (QED) is 0.668. The molecule has 0 aliphatic heterocycles. The topological polar surface area (TPSA) is 119 Å². The molecule has 0 aromatic carbocycles. The summed E-state index contributed by atoms with van der Waals surface area (Å²) in [6.45, 7) is 2.25. The Balaban J connectivity index is 2.87. The summed E-state index contributed by atoms with van der Waals surface area (Å²) in [7, 11) is -2.52. The van der Waals surface area contributed by atoms with Crippen LogP contribution in [0, 0.1) is 0 Å². The second-order valence-electron chi connectivity index (χ2n) is 3.41. The Morgan fingerprint density at radius 2 is 2.24 bits per heavy atom. The van der Waals surface area contributed by atoms with Gasteiger partial charge in [-0.2, -0.15) is 8.42 Å². The molecular formula is C8H15N5O3S. The predicted molar refractivity (Wildman–Crippen MR) is 61.6 cm³/mol. The number of hydrogen-bond acceptors (Lipinski definition) is 5. The smallest absolute Gasteiger partial charge is 0.328 e. The first-order chi connectivity index (χ1) is 7.88. The molecule has 0 aliphatic carbocycles. The zero-order valence-corrected chi connectivity index (χ0v) is 10.4. The van der Waals surface area contributed by atoms with E-state index in [9.17, 15) is 13.2 Å². The van der Waals surface area contributed by atoms with E-state index in [4.69, 9.17) is 5.73 Å². The van der Waals surface area contributed by atoms with Crippen molar-refractivity contribution in [3.8, 4) is 0 Å². The van der Waals surface area contributed by atoms with Gasteiger partial charge in [-0.1, -0.05) is 6.92 Å². The molecule has 1 rings (SSSR count). The van der Waals surface area contributed by atoms with Crippen LogP contribution < -0.4 is 15.8 Å². The number of nitrogens with one attached hydrogen (secondary N) is 2. The molecule has 0 saturated heterocycles. The molecule has 0 bridgehead atoms. The van der Waals surface area contributed by atoms with E-state index in [2.05, 4.69) is 10.3 Å². The van der Waals surface area contributed by atoms with Gasteiger partial charge < -0.3 is 15.6 Å². The molecule has 0 spiro atoms. The predicted octanol–water partition coefficient (Wildman–Crippen LogP) is -0.600. The van der Waals surface area contributed by atoms with Gasteiger partial charge in [-0.15, -0.1) is 0 Å². The first kappa shape index (κ1) is 13.3. The number of sulfonamides is 1. The van der Waals surface area contributed by atoms with Gasteiger partial charge in [0.1, 0.15) is 0 Å². The molecule has 1 aromatic heterocycles. The van der Waals surface area contributed by atoms with Gasteiger partial charge in [-0.25, -0.2) is 14.5 Å². The summed E-state index contributed by atoms with van der Waals surface area (Å²) in [5, 5.41) is 2.16. The van der Waals surface area contributed by atoms with Crippen molar-refractivity contribution in [2.75, 3.05) is 12.3 Å². The molecule has 0 unspecified atom stereocenters. The Morgan fingerprint density at radius 1 is 1.59 bits per heavy atom. The number of urea groups is 1. The number of imidazole rings is 1. The highest BCUT2D eigenvalue weighted by Gasteiger charge is 2.24. The number of carbonyl (C=O) groups excluding carboxylic acids is 1. The normalized spacial score (nSPS) is 11.2. The molecule has 0 atom stereocenters. The highest BCUT2D eigenvalue weighted by Crippen LogP contribution is 2.14. The average Bonchev–Trinajstić information content (AvgIpc) is 2.55. The fourth-order valence-corrected chi connectivity index (χ4v) is 2.38. The minimum Gasteiger partial charge on any atom is -0.381 e. The average molecular weight is 261 g/mol. The summed E-state index contributed by atoms with van der Waals surface area (Å²) in [6.07, 6.45) is 1.97. The van der Waals surface area contributed by atoms with Crippen LogP contribution in [0.2, 0.25) is 0 Å². The van der Waals surface area contributed by atoms with Crippen LogP contribution in [0.15, 0.2) is 11.4 Å². The number of rotatable bonds is 4. The summed E-state index contributed by atoms with van der Waals surface area (Å²) in [5.74, 6) is -0.150. The van der Waals surface area contributed by atoms with Gasteiger partial charge in [0.05, 0.1) is 6.33 Å². The third-order valence-corrected chi connectivity index (χ3v) is 3.39. The van der Waals surface area contributed by atoms with E-state index in [1.54, 1.807) is 0 Å². The van der Waals surface area contributed by atoms with E-state index in [1.165, 1.54) is 17.9 Å². The van der Waals surface area contributed by atoms with Gasteiger partial charge in [-0.3, -0.25) is 0 Å². The summed E-state index contributed by atoms with van der Waals surface area (Å²) in [6, 6.07) is -0.785. The molecule has 2 amide bonds. The Hall–Kier alpha value is -1.77. The maximum absolute atomic E-state index is 11.8. The lowest BCUT2D eigenvalue weighted by molar-refractivity contribution is 0.246. The van der Waals surface area contributed by atoms with Crippen LogP contribution >= 0.6 is 0 Å². The van der Waals surface area contributed by atoms with Crippen LogP contribution in [0.3, 0.4) is 0 Å². The lowest BCUT2D eigenvalue weighted by atomic mass is 10.5. The number of aromatic nitrogens is 2. The summed E-state index contributed by atoms with van der Waals surface area (Å²) >= 11 is 0. The number of hydrogen-bond donors (Lipinski definition) is 3. The summed E-state index contributed by atoms with van der Waals surface area (Å²) in [4.78, 5) is 14.9. The van der Waals surface area contributed by atoms with Crippen molar-refractivity contribution in [1.82, 2.24) is 19.6 Å². The van der Waals surface area contributed by atoms with Crippen molar-refractivity contribution >= 4 is 21.9 Å². The zero-order valence-electron chi connectivity index (χ0n) is 9.60. The Morgan fingerprint density at radius 3 is 2.71 bits per heavy atom. The zero-order chi connectivity index (χ0) is 13.1. The van der Waals surface area contributed by atoms with Gasteiger partial charge in [-0.05, 0) is 6.42 Å². The van der Waals surface area contributed by atoms with E-state index >= 15 is 0 Å². The highest BCUT2D eigenvalue weighted by atomic mass is 32.2. The first-order valence-electron chi connectivity index (χ1n) is 4.96. The molecule has 0 radical (unpaired) electrons. The minimum atomic E-state index is -3.99. The lowest BCUT2D eigenvalue weighted by Crippen LogP contribution is -2.40. The van der Waals surface area contributed by atoms with Gasteiger partial charge in [0.15, 0.2) is 10.8 Å². The van der Waals surface area contributed by atoms with Gasteiger partial charge in [0.25, 0.3) is 10.0 Å². The standard InChI is InChI=1S/C8H15N5O3S/c1-3-4-10-8(14)12-17(15,16)7-6(9)11-5-13(7)2/h5H,3-4,9H2,1-2H3,(H2,10,12,14). The van der Waals surface area contributed by atoms with Gasteiger partial charge in [0.2, 0.25) is 0 Å². The molecule has 1 heterocycles. The summed E-state index contributed by atoms with van der Waals surface area (Å²) < 4.78 is 26.7. The monoisotopic (exact) mass is 261 g/mol. The number of nitrogen functional groups attached to an aromatic ring is 1. The molecule has 8 nitrogen and oxygen atoms in total. The largest absolute Gasteiger partial charge is 0.381 e. The number of anilines is 1. The molecule has 0 fully saturated rings. The van der Waals surface area contributed by atoms with Crippen molar-refractivity contribution in [3.05, 3.63) is 6.33 Å². The van der Waals surface area contributed by atoms with Crippen molar-refractivity contribution in [1.29, 1.82) is 0 Å². The molecule has 0 aliphatic rings. The first-order valence-corrected chi connectivity index (χ1v) is 6.44. The SMILES string of the molecule is CCCNC(=O)NS(=O)(=O)c1c(N)ncn1C. The van der Waals surface area contributed by atoms with Crippen molar-refractivity contribution in [2.24, 2.45) is 7.05 Å². The van der Waals surface area contributed by atoms with Crippen LogP contribution in [0.1, 0.15) is 13.3 Å². The number of nitrogens with zero attached hydrogens (tertiary/aromatic N) is 2. The molecule has 1 aromatic rings. The van der Waals surface area contributed by atoms with Crippen molar-refractivity contribution in [3.63, 3.8) is 0 Å². The van der Waals surface area contributed by atoms with Crippen LogP contribution in [-0.4, -0.2) is 30.5 Å². The third kappa shape index (κ3) is 3.09. The minimum absolute atomic E-state index is 0.150. The van der Waals surface area contributed by atoms with Crippen LogP contribution in [0.5, 0.6) is 0 Å². The fourth-order valence-electron chi connectivity index (χ4n) is 1.21. The van der Waals surface area contributed by atoms with Crippen LogP contribution in [0.25, 0.3) is 0 Å². The number of carbonyl (C=O) groups is 1. The Labute approximate surface area is 99.3 Å². The second-order valence-corrected chi connectivity index (χ2v) is 5.00. The van der Waals surface area contributed by atoms with Crippen LogP contribution in [0.4, 0.5) is 10.6 Å². The second kappa shape index (κ2) is 5.04. The fraction of sp³-hybridized carbons (Fsp3) is 0.500. The lowest BCUT2D eigenvalue weighted by Gasteiger charge is -2.08. The highest BCUT2D eigenvalue weighted by molar-refractivity contribution is 7.90. The van der Waals surface area contributed by atoms with E-state index < -0.39 is 16.1 Å². The van der Waals surface area contributed by atoms with Crippen molar-refractivity contribution < 1.29 is 13.2 Å². The van der Waals surface area contributed by atoms with E-state index in [-0.39, 0.29) is 10.8 Å². The Bertz CT molecular complexity index is 488. The van der Waals surface area contributed by atoms with Crippen LogP contribution in [-0.2, 0) is 17.1 Å². The molecule has 17 heavy (non-hydrogen) atoms. The molecular weight excluding hydrogens is 246 g/mol. The van der Waals surface area contributed by atoms with E-state index in [0.29, 0.717) is 13.0 Å². The van der Waals surface area contributed by atoms with Gasteiger partial charge in [0, 0.05) is 13.6 Å². The molecule has 0 saturated carbocycles. The molecule has 4 N–H and O–H groups in total. The number of aryl methyl sites for hydroxylation is 1. The third-order valence-electron chi connectivity index (χ3n) is 1.93. The van der Waals surface area contributed by atoms with E-state index in [1.807, 2.05) is 11.6 Å². The number of nitrogens with two attached hydrogens (primary N) is 1. The molecule has 9 heteroatoms. The number of amides is 2. The molecule has 96 valence electrons. The maximum Gasteiger partial charge on any atom is 0.328 e. The Kier molecular flexibility index (Phi) is 3.94. The van der Waals surface area contributed by atoms with Crippen molar-refractivity contribution in [2.45, 2.75) is 18.4 Å². The summed E-state index contributed by atoms with van der Waals surface area (Å²) in [5.41, 5.74) is 5.42. The maximum atomic E-state index is 11.8.